The van der Waals surface area contributed by atoms with Gasteiger partial charge in [0, 0.05) is 17.9 Å². The van der Waals surface area contributed by atoms with Crippen LogP contribution >= 0.6 is 0 Å². The van der Waals surface area contributed by atoms with Crippen molar-refractivity contribution in [3.05, 3.63) is 30.1 Å². The van der Waals surface area contributed by atoms with Crippen LogP contribution in [0.5, 0.6) is 0 Å². The first-order valence-electron chi connectivity index (χ1n) is 6.14. The third-order valence-electron chi connectivity index (χ3n) is 3.65. The van der Waals surface area contributed by atoms with Crippen LogP contribution in [0.4, 0.5) is 13.2 Å². The zero-order valence-electron chi connectivity index (χ0n) is 10.1. The van der Waals surface area contributed by atoms with Crippen molar-refractivity contribution in [2.45, 2.75) is 43.8 Å². The summed E-state index contributed by atoms with van der Waals surface area (Å²) in [6.07, 6.45) is 1.09. The predicted molar refractivity (Wildman–Crippen MR) is 62.9 cm³/mol. The Morgan fingerprint density at radius 1 is 1.33 bits per heavy atom. The molecule has 1 aromatic rings. The van der Waals surface area contributed by atoms with Crippen molar-refractivity contribution >= 4 is 0 Å². The first-order valence-corrected chi connectivity index (χ1v) is 6.14. The highest BCUT2D eigenvalue weighted by Crippen LogP contribution is 2.41. The van der Waals surface area contributed by atoms with E-state index in [1.165, 1.54) is 0 Å². The van der Waals surface area contributed by atoms with Crippen molar-refractivity contribution in [2.75, 3.05) is 0 Å². The zero-order chi connectivity index (χ0) is 13.2. The molecule has 0 bridgehead atoms. The number of nitrogens with zero attached hydrogens (tertiary/aromatic N) is 1. The van der Waals surface area contributed by atoms with Gasteiger partial charge < -0.3 is 5.73 Å². The summed E-state index contributed by atoms with van der Waals surface area (Å²) in [7, 11) is 0. The number of hydrogen-bond acceptors (Lipinski definition) is 2. The van der Waals surface area contributed by atoms with Gasteiger partial charge in [0.1, 0.15) is 0 Å². The van der Waals surface area contributed by atoms with Crippen molar-refractivity contribution in [1.82, 2.24) is 4.98 Å². The van der Waals surface area contributed by atoms with E-state index in [1.807, 2.05) is 12.1 Å². The van der Waals surface area contributed by atoms with E-state index >= 15 is 0 Å². The molecule has 5 heteroatoms. The third-order valence-corrected chi connectivity index (χ3v) is 3.65. The van der Waals surface area contributed by atoms with Gasteiger partial charge in [0.2, 0.25) is 0 Å². The summed E-state index contributed by atoms with van der Waals surface area (Å²) >= 11 is 0. The Hall–Kier alpha value is -1.10. The summed E-state index contributed by atoms with van der Waals surface area (Å²) in [5.74, 6) is -1.25. The van der Waals surface area contributed by atoms with E-state index in [2.05, 4.69) is 4.98 Å². The Balaban J connectivity index is 2.07. The molecule has 0 aliphatic heterocycles. The number of aromatic nitrogens is 1. The normalized spacial score (nSPS) is 29.2. The maximum absolute atomic E-state index is 12.8. The van der Waals surface area contributed by atoms with Crippen molar-refractivity contribution in [1.29, 1.82) is 0 Å². The van der Waals surface area contributed by atoms with E-state index in [1.54, 1.807) is 12.4 Å². The lowest BCUT2D eigenvalue weighted by molar-refractivity contribution is -0.187. The first-order chi connectivity index (χ1) is 8.39. The Kier molecular flexibility index (Phi) is 3.61. The second-order valence-electron chi connectivity index (χ2n) is 5.23. The monoisotopic (exact) mass is 258 g/mol. The maximum atomic E-state index is 12.8. The molecule has 1 aliphatic carbocycles. The van der Waals surface area contributed by atoms with Gasteiger partial charge in [-0.05, 0) is 43.4 Å². The van der Waals surface area contributed by atoms with Gasteiger partial charge >= 0.3 is 6.18 Å². The molecule has 1 aromatic heterocycles. The quantitative estimate of drug-likeness (QED) is 0.885. The van der Waals surface area contributed by atoms with E-state index in [0.717, 1.165) is 5.56 Å². The number of pyridine rings is 1. The van der Waals surface area contributed by atoms with Gasteiger partial charge in [-0.25, -0.2) is 0 Å². The summed E-state index contributed by atoms with van der Waals surface area (Å²) in [5, 5.41) is 0. The Bertz CT molecular complexity index is 391. The van der Waals surface area contributed by atoms with Gasteiger partial charge in [0.15, 0.2) is 0 Å². The summed E-state index contributed by atoms with van der Waals surface area (Å²) < 4.78 is 38.3. The van der Waals surface area contributed by atoms with Crippen LogP contribution in [-0.2, 0) is 6.42 Å². The van der Waals surface area contributed by atoms with Crippen LogP contribution in [0.15, 0.2) is 24.5 Å². The molecule has 0 radical (unpaired) electrons. The standard InChI is InChI=1S/C13H17F3N2/c14-13(15,16)11-2-1-5-12(17,9-11)8-10-3-6-18-7-4-10/h3-4,6-7,11H,1-2,5,8-9,17H2. The van der Waals surface area contributed by atoms with E-state index in [-0.39, 0.29) is 12.8 Å². The van der Waals surface area contributed by atoms with Crippen LogP contribution in [0.1, 0.15) is 31.2 Å². The smallest absolute Gasteiger partial charge is 0.325 e. The summed E-state index contributed by atoms with van der Waals surface area (Å²) in [5.41, 5.74) is 6.38. The van der Waals surface area contributed by atoms with Gasteiger partial charge in [-0.15, -0.1) is 0 Å². The van der Waals surface area contributed by atoms with Crippen LogP contribution < -0.4 is 5.73 Å². The molecule has 2 rings (SSSR count). The molecule has 0 spiro atoms. The van der Waals surface area contributed by atoms with E-state index in [9.17, 15) is 13.2 Å². The Morgan fingerprint density at radius 3 is 2.61 bits per heavy atom. The highest BCUT2D eigenvalue weighted by Gasteiger charge is 2.46. The average molecular weight is 258 g/mol. The second-order valence-corrected chi connectivity index (χ2v) is 5.23. The summed E-state index contributed by atoms with van der Waals surface area (Å²) in [4.78, 5) is 3.89. The maximum Gasteiger partial charge on any atom is 0.391 e. The molecule has 1 heterocycles. The van der Waals surface area contributed by atoms with Crippen LogP contribution in [0, 0.1) is 5.92 Å². The SMILES string of the molecule is NC1(Cc2ccncc2)CCCC(C(F)(F)F)C1. The number of nitrogens with two attached hydrogens (primary N) is 1. The average Bonchev–Trinajstić information content (AvgIpc) is 2.28. The molecule has 2 N–H and O–H groups in total. The van der Waals surface area contributed by atoms with Crippen LogP contribution in [-0.4, -0.2) is 16.7 Å². The van der Waals surface area contributed by atoms with Crippen molar-refractivity contribution in [2.24, 2.45) is 11.7 Å². The summed E-state index contributed by atoms with van der Waals surface area (Å²) in [6.45, 7) is 0. The molecule has 2 nitrogen and oxygen atoms in total. The Morgan fingerprint density at radius 2 is 2.00 bits per heavy atom. The van der Waals surface area contributed by atoms with Crippen molar-refractivity contribution in [3.8, 4) is 0 Å². The lowest BCUT2D eigenvalue weighted by Crippen LogP contribution is -2.48. The summed E-state index contributed by atoms with van der Waals surface area (Å²) in [6, 6.07) is 3.62. The predicted octanol–water partition coefficient (Wildman–Crippen LogP) is 3.07. The fourth-order valence-electron chi connectivity index (χ4n) is 2.74. The molecule has 1 aliphatic rings. The molecule has 2 atom stereocenters. The highest BCUT2D eigenvalue weighted by molar-refractivity contribution is 5.14. The van der Waals surface area contributed by atoms with Crippen LogP contribution in [0.3, 0.4) is 0 Å². The van der Waals surface area contributed by atoms with Gasteiger partial charge in [-0.1, -0.05) is 6.42 Å². The van der Waals surface area contributed by atoms with E-state index < -0.39 is 17.6 Å². The lowest BCUT2D eigenvalue weighted by atomic mass is 9.73. The van der Waals surface area contributed by atoms with E-state index in [0.29, 0.717) is 19.3 Å². The largest absolute Gasteiger partial charge is 0.391 e. The molecular formula is C13H17F3N2. The number of hydrogen-bond donors (Lipinski definition) is 1. The van der Waals surface area contributed by atoms with Crippen molar-refractivity contribution in [3.63, 3.8) is 0 Å². The first kappa shape index (κ1) is 13.3. The molecule has 0 saturated heterocycles. The molecule has 1 fully saturated rings. The molecule has 0 amide bonds. The van der Waals surface area contributed by atoms with Gasteiger partial charge in [0.05, 0.1) is 5.92 Å². The fourth-order valence-corrected chi connectivity index (χ4v) is 2.74. The molecule has 0 aromatic carbocycles. The van der Waals surface area contributed by atoms with Crippen molar-refractivity contribution < 1.29 is 13.2 Å². The van der Waals surface area contributed by atoms with Crippen LogP contribution in [0.25, 0.3) is 0 Å². The fraction of sp³-hybridized carbons (Fsp3) is 0.615. The molecular weight excluding hydrogens is 241 g/mol. The molecule has 2 unspecified atom stereocenters. The minimum Gasteiger partial charge on any atom is -0.325 e. The molecule has 100 valence electrons. The zero-order valence-corrected chi connectivity index (χ0v) is 10.1. The molecule has 1 saturated carbocycles. The number of halogens is 3. The third kappa shape index (κ3) is 3.22. The van der Waals surface area contributed by atoms with Gasteiger partial charge in [0.25, 0.3) is 0 Å². The van der Waals surface area contributed by atoms with Gasteiger partial charge in [-0.2, -0.15) is 13.2 Å². The van der Waals surface area contributed by atoms with E-state index in [4.69, 9.17) is 5.73 Å². The number of alkyl halides is 3. The number of rotatable bonds is 2. The van der Waals surface area contributed by atoms with Crippen LogP contribution in [0.2, 0.25) is 0 Å². The van der Waals surface area contributed by atoms with Gasteiger partial charge in [-0.3, -0.25) is 4.98 Å². The highest BCUT2D eigenvalue weighted by atomic mass is 19.4. The topological polar surface area (TPSA) is 38.9 Å². The lowest BCUT2D eigenvalue weighted by Gasteiger charge is -2.38. The molecule has 18 heavy (non-hydrogen) atoms. The Labute approximate surface area is 104 Å². The minimum absolute atomic E-state index is 0.0266. The minimum atomic E-state index is -4.12. The second kappa shape index (κ2) is 4.88.